The van der Waals surface area contributed by atoms with Crippen molar-refractivity contribution in [1.82, 2.24) is 9.97 Å². The largest absolute Gasteiger partial charge is 0.507 e. The van der Waals surface area contributed by atoms with Gasteiger partial charge in [-0.2, -0.15) is 5.10 Å². The molecule has 7 nitrogen and oxygen atoms in total. The van der Waals surface area contributed by atoms with Crippen molar-refractivity contribution < 1.29 is 14.6 Å². The van der Waals surface area contributed by atoms with Gasteiger partial charge in [0.1, 0.15) is 5.75 Å². The summed E-state index contributed by atoms with van der Waals surface area (Å²) in [7, 11) is 3.20. The lowest BCUT2D eigenvalue weighted by Gasteiger charge is -2.11. The zero-order chi connectivity index (χ0) is 24.9. The Morgan fingerprint density at radius 3 is 2.25 bits per heavy atom. The van der Waals surface area contributed by atoms with Gasteiger partial charge in [0, 0.05) is 16.7 Å². The van der Waals surface area contributed by atoms with Crippen molar-refractivity contribution in [3.05, 3.63) is 96.6 Å². The number of aromatic hydroxyl groups is 1. The van der Waals surface area contributed by atoms with Crippen LogP contribution in [-0.2, 0) is 0 Å². The SMILES string of the molecule is COc1ccc(-c2cc(-c3ccccc3)nc(NN=Cc3c(O)ccc4ccccc34)n2)cc1OC. The topological polar surface area (TPSA) is 88.9 Å². The predicted octanol–water partition coefficient (Wildman–Crippen LogP) is 6.13. The van der Waals surface area contributed by atoms with Gasteiger partial charge in [0.15, 0.2) is 11.5 Å². The van der Waals surface area contributed by atoms with Crippen LogP contribution < -0.4 is 14.9 Å². The van der Waals surface area contributed by atoms with Gasteiger partial charge in [-0.15, -0.1) is 0 Å². The van der Waals surface area contributed by atoms with E-state index in [9.17, 15) is 5.11 Å². The van der Waals surface area contributed by atoms with E-state index in [1.807, 2.05) is 84.9 Å². The second kappa shape index (κ2) is 10.1. The lowest BCUT2D eigenvalue weighted by Crippen LogP contribution is -2.01. The second-order valence-corrected chi connectivity index (χ2v) is 7.99. The number of hydrogen-bond acceptors (Lipinski definition) is 7. The van der Waals surface area contributed by atoms with Crippen LogP contribution in [0.15, 0.2) is 96.1 Å². The first kappa shape index (κ1) is 22.9. The maximum absolute atomic E-state index is 10.4. The van der Waals surface area contributed by atoms with Crippen molar-refractivity contribution in [2.45, 2.75) is 0 Å². The molecule has 4 aromatic carbocycles. The number of benzene rings is 4. The van der Waals surface area contributed by atoms with Crippen LogP contribution in [0.4, 0.5) is 5.95 Å². The van der Waals surface area contributed by atoms with Gasteiger partial charge in [0.25, 0.3) is 0 Å². The first-order chi connectivity index (χ1) is 17.7. The zero-order valence-electron chi connectivity index (χ0n) is 19.8. The fraction of sp³-hybridized carbons (Fsp3) is 0.0690. The molecule has 2 N–H and O–H groups in total. The summed E-state index contributed by atoms with van der Waals surface area (Å²) >= 11 is 0. The van der Waals surface area contributed by atoms with Crippen molar-refractivity contribution in [3.63, 3.8) is 0 Å². The highest BCUT2D eigenvalue weighted by Crippen LogP contribution is 2.33. The number of anilines is 1. The lowest BCUT2D eigenvalue weighted by molar-refractivity contribution is 0.355. The van der Waals surface area contributed by atoms with Crippen molar-refractivity contribution in [2.75, 3.05) is 19.6 Å². The van der Waals surface area contributed by atoms with Gasteiger partial charge in [-0.1, -0.05) is 60.7 Å². The number of phenols is 1. The van der Waals surface area contributed by atoms with Gasteiger partial charge >= 0.3 is 0 Å². The van der Waals surface area contributed by atoms with Crippen molar-refractivity contribution >= 4 is 22.9 Å². The van der Waals surface area contributed by atoms with E-state index in [0.717, 1.165) is 27.6 Å². The number of methoxy groups -OCH3 is 2. The summed E-state index contributed by atoms with van der Waals surface area (Å²) in [6, 6.07) is 28.7. The summed E-state index contributed by atoms with van der Waals surface area (Å²) in [5.41, 5.74) is 6.76. The van der Waals surface area contributed by atoms with Gasteiger partial charge in [-0.05, 0) is 41.1 Å². The predicted molar refractivity (Wildman–Crippen MR) is 143 cm³/mol. The number of nitrogens with zero attached hydrogens (tertiary/aromatic N) is 3. The fourth-order valence-corrected chi connectivity index (χ4v) is 3.97. The Morgan fingerprint density at radius 1 is 0.750 bits per heavy atom. The Morgan fingerprint density at radius 2 is 1.47 bits per heavy atom. The van der Waals surface area contributed by atoms with E-state index in [4.69, 9.17) is 9.47 Å². The third kappa shape index (κ3) is 4.67. The number of hydrazone groups is 1. The zero-order valence-corrected chi connectivity index (χ0v) is 19.8. The third-order valence-corrected chi connectivity index (χ3v) is 5.78. The normalized spacial score (nSPS) is 11.1. The van der Waals surface area contributed by atoms with Gasteiger partial charge in [0.05, 0.1) is 31.8 Å². The minimum Gasteiger partial charge on any atom is -0.507 e. The molecule has 0 aliphatic carbocycles. The van der Waals surface area contributed by atoms with E-state index in [-0.39, 0.29) is 5.75 Å². The molecule has 1 aromatic heterocycles. The maximum atomic E-state index is 10.4. The summed E-state index contributed by atoms with van der Waals surface area (Å²) in [4.78, 5) is 9.35. The van der Waals surface area contributed by atoms with Crippen LogP contribution in [0, 0.1) is 0 Å². The highest BCUT2D eigenvalue weighted by molar-refractivity contribution is 6.02. The summed E-state index contributed by atoms with van der Waals surface area (Å²) < 4.78 is 10.8. The Labute approximate surface area is 208 Å². The van der Waals surface area contributed by atoms with Crippen LogP contribution in [0.5, 0.6) is 17.2 Å². The van der Waals surface area contributed by atoms with E-state index in [1.54, 1.807) is 26.5 Å². The molecule has 0 fully saturated rings. The Hall–Kier alpha value is -4.91. The molecule has 0 radical (unpaired) electrons. The molecule has 0 bridgehead atoms. The molecule has 0 atom stereocenters. The van der Waals surface area contributed by atoms with E-state index >= 15 is 0 Å². The lowest BCUT2D eigenvalue weighted by atomic mass is 10.0. The van der Waals surface area contributed by atoms with E-state index in [2.05, 4.69) is 20.5 Å². The van der Waals surface area contributed by atoms with Gasteiger partial charge < -0.3 is 14.6 Å². The van der Waals surface area contributed by atoms with Crippen LogP contribution in [0.1, 0.15) is 5.56 Å². The molecule has 0 saturated heterocycles. The molecule has 5 rings (SSSR count). The standard InChI is InChI=1S/C29H24N4O3/c1-35-27-15-13-21(16-28(27)36-2)25-17-24(20-9-4-3-5-10-20)31-29(32-25)33-30-18-23-22-11-7-6-8-19(22)12-14-26(23)34/h3-18,34H,1-2H3,(H,31,32,33). The number of fused-ring (bicyclic) bond motifs is 1. The van der Waals surface area contributed by atoms with Gasteiger partial charge in [-0.3, -0.25) is 0 Å². The summed E-state index contributed by atoms with van der Waals surface area (Å²) in [5.74, 6) is 1.70. The second-order valence-electron chi connectivity index (χ2n) is 7.99. The number of ether oxygens (including phenoxy) is 2. The molecule has 178 valence electrons. The molecule has 0 amide bonds. The van der Waals surface area contributed by atoms with E-state index in [1.165, 1.54) is 0 Å². The molecule has 36 heavy (non-hydrogen) atoms. The van der Waals surface area contributed by atoms with Crippen LogP contribution in [0.3, 0.4) is 0 Å². The van der Waals surface area contributed by atoms with Gasteiger partial charge in [0.2, 0.25) is 5.95 Å². The van der Waals surface area contributed by atoms with Crippen molar-refractivity contribution in [3.8, 4) is 39.8 Å². The number of rotatable bonds is 7. The molecule has 5 aromatic rings. The van der Waals surface area contributed by atoms with E-state index < -0.39 is 0 Å². The van der Waals surface area contributed by atoms with Crippen LogP contribution in [-0.4, -0.2) is 35.5 Å². The number of hydrogen-bond donors (Lipinski definition) is 2. The maximum Gasteiger partial charge on any atom is 0.244 e. The average Bonchev–Trinajstić information content (AvgIpc) is 2.94. The highest BCUT2D eigenvalue weighted by Gasteiger charge is 2.12. The van der Waals surface area contributed by atoms with Crippen molar-refractivity contribution in [2.24, 2.45) is 5.10 Å². The Balaban J connectivity index is 1.54. The third-order valence-electron chi connectivity index (χ3n) is 5.78. The minimum atomic E-state index is 0.143. The van der Waals surface area contributed by atoms with Crippen LogP contribution in [0.2, 0.25) is 0 Å². The smallest absolute Gasteiger partial charge is 0.244 e. The molecule has 0 aliphatic rings. The molecule has 7 heteroatoms. The monoisotopic (exact) mass is 476 g/mol. The van der Waals surface area contributed by atoms with Crippen LogP contribution >= 0.6 is 0 Å². The molecular formula is C29H24N4O3. The first-order valence-electron chi connectivity index (χ1n) is 11.3. The Bertz CT molecular complexity index is 1550. The summed E-state index contributed by atoms with van der Waals surface area (Å²) in [6.07, 6.45) is 1.58. The molecule has 0 aliphatic heterocycles. The highest BCUT2D eigenvalue weighted by atomic mass is 16.5. The van der Waals surface area contributed by atoms with Crippen LogP contribution in [0.25, 0.3) is 33.3 Å². The van der Waals surface area contributed by atoms with Gasteiger partial charge in [-0.25, -0.2) is 15.4 Å². The first-order valence-corrected chi connectivity index (χ1v) is 11.3. The Kier molecular flexibility index (Phi) is 6.44. The molecular weight excluding hydrogens is 452 g/mol. The number of aromatic nitrogens is 2. The molecule has 1 heterocycles. The fourth-order valence-electron chi connectivity index (χ4n) is 3.97. The van der Waals surface area contributed by atoms with E-state index in [0.29, 0.717) is 28.7 Å². The summed E-state index contributed by atoms with van der Waals surface area (Å²) in [5, 5.41) is 16.7. The molecule has 0 spiro atoms. The average molecular weight is 477 g/mol. The minimum absolute atomic E-state index is 0.143. The molecule has 0 unspecified atom stereocenters. The number of phenolic OH excluding ortho intramolecular Hbond substituents is 1. The van der Waals surface area contributed by atoms with Crippen molar-refractivity contribution in [1.29, 1.82) is 0 Å². The molecule has 0 saturated carbocycles. The quantitative estimate of drug-likeness (QED) is 0.217. The number of nitrogens with one attached hydrogen (secondary N) is 1. The summed E-state index contributed by atoms with van der Waals surface area (Å²) in [6.45, 7) is 0.